The Bertz CT molecular complexity index is 815. The summed E-state index contributed by atoms with van der Waals surface area (Å²) in [5, 5.41) is 2.33. The average molecular weight is 304 g/mol. The highest BCUT2D eigenvalue weighted by Gasteiger charge is 2.23. The van der Waals surface area contributed by atoms with Gasteiger partial charge in [0.15, 0.2) is 5.78 Å². The van der Waals surface area contributed by atoms with Crippen LogP contribution in [0.4, 0.5) is 0 Å². The first-order valence-electron chi connectivity index (χ1n) is 8.36. The topological polar surface area (TPSA) is 17.1 Å². The highest BCUT2D eigenvalue weighted by molar-refractivity contribution is 6.01. The molecule has 0 spiro atoms. The minimum absolute atomic E-state index is 0.136. The number of Topliss-reactive ketones (excluding diaryl/α,β-unsaturated/α-hetero) is 1. The van der Waals surface area contributed by atoms with Crippen molar-refractivity contribution in [1.82, 2.24) is 0 Å². The van der Waals surface area contributed by atoms with Crippen molar-refractivity contribution in [3.8, 4) is 0 Å². The number of fused-ring (bicyclic) bond motifs is 1. The van der Waals surface area contributed by atoms with Gasteiger partial charge in [0, 0.05) is 17.9 Å². The number of allylic oxidation sites excluding steroid dienone is 4. The van der Waals surface area contributed by atoms with E-state index in [0.29, 0.717) is 6.42 Å². The van der Waals surface area contributed by atoms with E-state index in [4.69, 9.17) is 0 Å². The van der Waals surface area contributed by atoms with Crippen LogP contribution in [0.25, 0.3) is 10.8 Å². The number of hydrogen-bond donors (Lipinski definition) is 0. The van der Waals surface area contributed by atoms with Gasteiger partial charge in [-0.05, 0) is 39.5 Å². The van der Waals surface area contributed by atoms with E-state index in [1.54, 1.807) is 0 Å². The van der Waals surface area contributed by atoms with Gasteiger partial charge < -0.3 is 0 Å². The molecule has 0 fully saturated rings. The predicted octanol–water partition coefficient (Wildman–Crippen LogP) is 6.06. The van der Waals surface area contributed by atoms with Crippen LogP contribution in [0.5, 0.6) is 0 Å². The maximum Gasteiger partial charge on any atom is 0.162 e. The molecule has 1 nitrogen and oxygen atoms in total. The Morgan fingerprint density at radius 2 is 1.74 bits per heavy atom. The molecule has 1 atom stereocenters. The average Bonchev–Trinajstić information content (AvgIpc) is 3.03. The Labute approximate surface area is 138 Å². The highest BCUT2D eigenvalue weighted by atomic mass is 16.1. The second-order valence-electron chi connectivity index (χ2n) is 7.32. The fourth-order valence-corrected chi connectivity index (χ4v) is 3.17. The summed E-state index contributed by atoms with van der Waals surface area (Å²) in [5.41, 5.74) is 3.47. The number of rotatable bonds is 3. The second kappa shape index (κ2) is 5.81. The van der Waals surface area contributed by atoms with E-state index >= 15 is 0 Å². The van der Waals surface area contributed by atoms with Crippen LogP contribution < -0.4 is 0 Å². The van der Waals surface area contributed by atoms with Crippen molar-refractivity contribution in [3.05, 3.63) is 71.3 Å². The molecule has 0 saturated carbocycles. The van der Waals surface area contributed by atoms with Crippen LogP contribution in [0, 0.1) is 5.41 Å². The molecule has 0 radical (unpaired) electrons. The molecule has 1 unspecified atom stereocenters. The molecule has 0 N–H and O–H groups in total. The van der Waals surface area contributed by atoms with Gasteiger partial charge in [0.1, 0.15) is 0 Å². The van der Waals surface area contributed by atoms with Crippen LogP contribution in [0.3, 0.4) is 0 Å². The van der Waals surface area contributed by atoms with Crippen molar-refractivity contribution in [3.63, 3.8) is 0 Å². The molecule has 0 amide bonds. The summed E-state index contributed by atoms with van der Waals surface area (Å²) in [6, 6.07) is 12.5. The molecule has 1 aliphatic carbocycles. The Morgan fingerprint density at radius 1 is 1.09 bits per heavy atom. The van der Waals surface area contributed by atoms with Gasteiger partial charge in [-0.15, -0.1) is 0 Å². The van der Waals surface area contributed by atoms with E-state index in [-0.39, 0.29) is 17.1 Å². The van der Waals surface area contributed by atoms with E-state index in [1.165, 1.54) is 11.0 Å². The van der Waals surface area contributed by atoms with E-state index in [2.05, 4.69) is 63.3 Å². The molecule has 0 aromatic heterocycles. The number of ketones is 1. The molecule has 0 bridgehead atoms. The van der Waals surface area contributed by atoms with E-state index in [9.17, 15) is 4.79 Å². The Balaban J connectivity index is 2.15. The smallest absolute Gasteiger partial charge is 0.162 e. The normalized spacial score (nSPS) is 17.6. The monoisotopic (exact) mass is 304 g/mol. The van der Waals surface area contributed by atoms with Crippen molar-refractivity contribution in [2.24, 2.45) is 5.41 Å². The summed E-state index contributed by atoms with van der Waals surface area (Å²) in [4.78, 5) is 12.5. The van der Waals surface area contributed by atoms with Crippen molar-refractivity contribution in [2.75, 3.05) is 0 Å². The maximum atomic E-state index is 12.5. The number of carbonyl (C=O) groups is 1. The molecule has 118 valence electrons. The molecule has 2 aromatic carbocycles. The molecular formula is C22H24O. The largest absolute Gasteiger partial charge is 0.294 e. The summed E-state index contributed by atoms with van der Waals surface area (Å²) < 4.78 is 0. The van der Waals surface area contributed by atoms with Gasteiger partial charge in [-0.3, -0.25) is 4.79 Å². The van der Waals surface area contributed by atoms with Gasteiger partial charge >= 0.3 is 0 Å². The van der Waals surface area contributed by atoms with Gasteiger partial charge in [-0.2, -0.15) is 0 Å². The van der Waals surface area contributed by atoms with E-state index in [1.807, 2.05) is 19.1 Å². The van der Waals surface area contributed by atoms with Gasteiger partial charge in [-0.1, -0.05) is 70.2 Å². The van der Waals surface area contributed by atoms with Crippen LogP contribution >= 0.6 is 0 Å². The number of hydrogen-bond acceptors (Lipinski definition) is 1. The first-order chi connectivity index (χ1) is 10.9. The van der Waals surface area contributed by atoms with Gasteiger partial charge in [0.05, 0.1) is 0 Å². The van der Waals surface area contributed by atoms with Crippen LogP contribution in [0.2, 0.25) is 0 Å². The molecule has 0 aliphatic heterocycles. The summed E-state index contributed by atoms with van der Waals surface area (Å²) in [6.07, 6.45) is 7.27. The van der Waals surface area contributed by atoms with Crippen LogP contribution in [0.1, 0.15) is 56.0 Å². The summed E-state index contributed by atoms with van der Waals surface area (Å²) in [5.74, 6) is 0.413. The first-order valence-corrected chi connectivity index (χ1v) is 8.36. The molecule has 23 heavy (non-hydrogen) atoms. The van der Waals surface area contributed by atoms with E-state index < -0.39 is 0 Å². The minimum Gasteiger partial charge on any atom is -0.294 e. The Hall–Kier alpha value is -2.15. The van der Waals surface area contributed by atoms with Gasteiger partial charge in [0.2, 0.25) is 0 Å². The van der Waals surface area contributed by atoms with Crippen LogP contribution in [-0.4, -0.2) is 5.78 Å². The van der Waals surface area contributed by atoms with Gasteiger partial charge in [-0.25, -0.2) is 0 Å². The Kier molecular flexibility index (Phi) is 3.97. The van der Waals surface area contributed by atoms with E-state index in [0.717, 1.165) is 16.5 Å². The highest BCUT2D eigenvalue weighted by Crippen LogP contribution is 2.38. The molecular weight excluding hydrogens is 280 g/mol. The zero-order chi connectivity index (χ0) is 16.6. The molecule has 1 heteroatoms. The van der Waals surface area contributed by atoms with Crippen LogP contribution in [0.15, 0.2) is 60.2 Å². The first kappa shape index (κ1) is 15.7. The fraction of sp³-hybridized carbons (Fsp3) is 0.318. The van der Waals surface area contributed by atoms with Crippen molar-refractivity contribution >= 4 is 16.6 Å². The molecule has 3 rings (SSSR count). The maximum absolute atomic E-state index is 12.5. The van der Waals surface area contributed by atoms with Crippen molar-refractivity contribution in [1.29, 1.82) is 0 Å². The third kappa shape index (κ3) is 3.01. The van der Waals surface area contributed by atoms with Crippen molar-refractivity contribution < 1.29 is 4.79 Å². The molecule has 0 saturated heterocycles. The molecule has 1 aliphatic rings. The predicted molar refractivity (Wildman–Crippen MR) is 98.0 cm³/mol. The lowest BCUT2D eigenvalue weighted by Crippen LogP contribution is -2.07. The third-order valence-electron chi connectivity index (χ3n) is 4.61. The van der Waals surface area contributed by atoms with Crippen LogP contribution in [-0.2, 0) is 0 Å². The lowest BCUT2D eigenvalue weighted by Gasteiger charge is -2.19. The minimum atomic E-state index is 0.136. The summed E-state index contributed by atoms with van der Waals surface area (Å²) in [7, 11) is 0. The Morgan fingerprint density at radius 3 is 2.30 bits per heavy atom. The lowest BCUT2D eigenvalue weighted by molar-refractivity contribution is 0.0987. The number of carbonyl (C=O) groups excluding carboxylic acids is 1. The standard InChI is InChI=1S/C22H24O/c1-5-21(23)20-14-16-9-7-6-8-15(16)13-19(20)17-10-11-18(12-17)22(2,3)4/h6-14,17H,5H2,1-4H3. The van der Waals surface area contributed by atoms with Gasteiger partial charge in [0.25, 0.3) is 0 Å². The third-order valence-corrected chi connectivity index (χ3v) is 4.61. The lowest BCUT2D eigenvalue weighted by atomic mass is 9.85. The summed E-state index contributed by atoms with van der Waals surface area (Å²) >= 11 is 0. The quantitative estimate of drug-likeness (QED) is 0.630. The molecule has 0 heterocycles. The van der Waals surface area contributed by atoms with Crippen molar-refractivity contribution in [2.45, 2.75) is 40.0 Å². The second-order valence-corrected chi connectivity index (χ2v) is 7.32. The molecule has 2 aromatic rings. The number of benzene rings is 2. The SMILES string of the molecule is CCC(=O)c1cc2ccccc2cc1C1C=CC(C(C)(C)C)=C1. The summed E-state index contributed by atoms with van der Waals surface area (Å²) in [6.45, 7) is 8.61. The zero-order valence-corrected chi connectivity index (χ0v) is 14.4. The fourth-order valence-electron chi connectivity index (χ4n) is 3.17. The zero-order valence-electron chi connectivity index (χ0n) is 14.4.